The quantitative estimate of drug-likeness (QED) is 0.732. The summed E-state index contributed by atoms with van der Waals surface area (Å²) in [5.74, 6) is -1.16. The van der Waals surface area contributed by atoms with Gasteiger partial charge in [-0.1, -0.05) is 0 Å². The fraction of sp³-hybridized carbons (Fsp3) is 0.364. The van der Waals surface area contributed by atoms with Crippen LogP contribution in [0.2, 0.25) is 0 Å². The Hall–Kier alpha value is -1.71. The molecule has 0 radical (unpaired) electrons. The highest BCUT2D eigenvalue weighted by Crippen LogP contribution is 2.35. The number of benzene rings is 1. The molecular weight excluding hydrogens is 194 g/mol. The normalized spacial score (nSPS) is 14.9. The minimum absolute atomic E-state index is 0.0101. The van der Waals surface area contributed by atoms with E-state index in [2.05, 4.69) is 0 Å². The molecule has 0 fully saturated rings. The minimum atomic E-state index is -1.08. The van der Waals surface area contributed by atoms with Crippen LogP contribution in [0, 0.1) is 0 Å². The summed E-state index contributed by atoms with van der Waals surface area (Å²) in [6.45, 7) is 0.943. The van der Waals surface area contributed by atoms with Gasteiger partial charge < -0.3 is 15.1 Å². The van der Waals surface area contributed by atoms with E-state index in [0.29, 0.717) is 0 Å². The Kier molecular flexibility index (Phi) is 2.26. The molecule has 0 bridgehead atoms. The Morgan fingerprint density at radius 3 is 2.87 bits per heavy atom. The third kappa shape index (κ3) is 1.52. The number of phenols is 1. The fourth-order valence-corrected chi connectivity index (χ4v) is 2.02. The number of aromatic hydroxyl groups is 1. The summed E-state index contributed by atoms with van der Waals surface area (Å²) in [7, 11) is 1.94. The van der Waals surface area contributed by atoms with Gasteiger partial charge in [-0.3, -0.25) is 0 Å². The number of nitrogens with zero attached hydrogens (tertiary/aromatic N) is 1. The standard InChI is InChI=1S/C11H13NO3/c1-12-6-2-3-7-9(12)5-4-8(10(7)13)11(14)15/h4-5,13H,2-3,6H2,1H3,(H,14,15). The number of carbonyl (C=O) groups is 1. The number of hydrogen-bond acceptors (Lipinski definition) is 3. The van der Waals surface area contributed by atoms with Crippen LogP contribution in [0.3, 0.4) is 0 Å². The first-order valence-corrected chi connectivity index (χ1v) is 4.90. The largest absolute Gasteiger partial charge is 0.507 e. The smallest absolute Gasteiger partial charge is 0.339 e. The van der Waals surface area contributed by atoms with E-state index in [1.165, 1.54) is 6.07 Å². The van der Waals surface area contributed by atoms with Crippen molar-refractivity contribution >= 4 is 11.7 Å². The molecule has 0 unspecified atom stereocenters. The van der Waals surface area contributed by atoms with Gasteiger partial charge in [0, 0.05) is 24.8 Å². The maximum absolute atomic E-state index is 10.8. The number of carboxylic acids is 1. The molecule has 4 nitrogen and oxygen atoms in total. The zero-order valence-electron chi connectivity index (χ0n) is 8.53. The van der Waals surface area contributed by atoms with Crippen LogP contribution in [0.1, 0.15) is 22.3 Å². The molecule has 0 spiro atoms. The summed E-state index contributed by atoms with van der Waals surface area (Å²) in [6, 6.07) is 3.22. The molecule has 0 aromatic heterocycles. The summed E-state index contributed by atoms with van der Waals surface area (Å²) < 4.78 is 0. The topological polar surface area (TPSA) is 60.8 Å². The summed E-state index contributed by atoms with van der Waals surface area (Å²) >= 11 is 0. The van der Waals surface area contributed by atoms with Gasteiger partial charge in [0.2, 0.25) is 0 Å². The molecule has 2 N–H and O–H groups in total. The van der Waals surface area contributed by atoms with Crippen LogP contribution >= 0.6 is 0 Å². The third-order valence-corrected chi connectivity index (χ3v) is 2.82. The second kappa shape index (κ2) is 3.46. The first-order chi connectivity index (χ1) is 7.11. The summed E-state index contributed by atoms with van der Waals surface area (Å²) in [4.78, 5) is 12.8. The molecule has 15 heavy (non-hydrogen) atoms. The van der Waals surface area contributed by atoms with Gasteiger partial charge in [0.25, 0.3) is 0 Å². The van der Waals surface area contributed by atoms with Crippen LogP contribution in [0.4, 0.5) is 5.69 Å². The predicted molar refractivity (Wildman–Crippen MR) is 56.7 cm³/mol. The van der Waals surface area contributed by atoms with Crippen molar-refractivity contribution in [3.05, 3.63) is 23.3 Å². The van der Waals surface area contributed by atoms with Crippen LogP contribution in [-0.4, -0.2) is 29.8 Å². The number of carboxylic acid groups (broad SMARTS) is 1. The SMILES string of the molecule is CN1CCCc2c1ccc(C(=O)O)c2O. The maximum atomic E-state index is 10.8. The molecule has 2 rings (SSSR count). The number of aromatic carboxylic acids is 1. The van der Waals surface area contributed by atoms with Crippen LogP contribution in [0.15, 0.2) is 12.1 Å². The Bertz CT molecular complexity index is 415. The summed E-state index contributed by atoms with van der Waals surface area (Å²) in [5.41, 5.74) is 1.68. The maximum Gasteiger partial charge on any atom is 0.339 e. The molecule has 80 valence electrons. The van der Waals surface area contributed by atoms with Crippen molar-refractivity contribution in [2.75, 3.05) is 18.5 Å². The average Bonchev–Trinajstić information content (AvgIpc) is 2.19. The van der Waals surface area contributed by atoms with E-state index in [1.807, 2.05) is 11.9 Å². The molecule has 1 aromatic carbocycles. The van der Waals surface area contributed by atoms with E-state index >= 15 is 0 Å². The summed E-state index contributed by atoms with van der Waals surface area (Å²) in [5, 5.41) is 18.7. The Balaban J connectivity index is 2.57. The lowest BCUT2D eigenvalue weighted by Gasteiger charge is -2.28. The fourth-order valence-electron chi connectivity index (χ4n) is 2.02. The minimum Gasteiger partial charge on any atom is -0.507 e. The summed E-state index contributed by atoms with van der Waals surface area (Å²) in [6.07, 6.45) is 1.69. The van der Waals surface area contributed by atoms with Gasteiger partial charge in [-0.05, 0) is 25.0 Å². The van der Waals surface area contributed by atoms with Gasteiger partial charge in [-0.2, -0.15) is 0 Å². The average molecular weight is 207 g/mol. The van der Waals surface area contributed by atoms with E-state index in [4.69, 9.17) is 5.11 Å². The highest BCUT2D eigenvalue weighted by atomic mass is 16.4. The number of rotatable bonds is 1. The van der Waals surface area contributed by atoms with Crippen molar-refractivity contribution in [3.63, 3.8) is 0 Å². The van der Waals surface area contributed by atoms with Crippen molar-refractivity contribution in [1.29, 1.82) is 0 Å². The Morgan fingerprint density at radius 1 is 1.47 bits per heavy atom. The molecule has 0 saturated carbocycles. The molecule has 0 atom stereocenters. The Morgan fingerprint density at radius 2 is 2.20 bits per heavy atom. The molecule has 0 saturated heterocycles. The molecule has 1 aromatic rings. The van der Waals surface area contributed by atoms with Gasteiger partial charge in [-0.15, -0.1) is 0 Å². The third-order valence-electron chi connectivity index (χ3n) is 2.82. The lowest BCUT2D eigenvalue weighted by molar-refractivity contribution is 0.0693. The van der Waals surface area contributed by atoms with Gasteiger partial charge in [0.05, 0.1) is 0 Å². The lowest BCUT2D eigenvalue weighted by Crippen LogP contribution is -2.25. The highest BCUT2D eigenvalue weighted by Gasteiger charge is 2.21. The number of anilines is 1. The van der Waals surface area contributed by atoms with Crippen molar-refractivity contribution in [2.45, 2.75) is 12.8 Å². The van der Waals surface area contributed by atoms with Gasteiger partial charge in [-0.25, -0.2) is 4.79 Å². The van der Waals surface area contributed by atoms with Crippen LogP contribution in [-0.2, 0) is 6.42 Å². The lowest BCUT2D eigenvalue weighted by atomic mass is 9.98. The van der Waals surface area contributed by atoms with Crippen molar-refractivity contribution in [3.8, 4) is 5.75 Å². The van der Waals surface area contributed by atoms with E-state index in [-0.39, 0.29) is 11.3 Å². The van der Waals surface area contributed by atoms with E-state index < -0.39 is 5.97 Å². The monoisotopic (exact) mass is 207 g/mol. The van der Waals surface area contributed by atoms with Gasteiger partial charge >= 0.3 is 5.97 Å². The van der Waals surface area contributed by atoms with Gasteiger partial charge in [0.15, 0.2) is 0 Å². The van der Waals surface area contributed by atoms with Crippen LogP contribution < -0.4 is 4.90 Å². The second-order valence-electron chi connectivity index (χ2n) is 3.79. The first kappa shape index (κ1) is 9.83. The van der Waals surface area contributed by atoms with Gasteiger partial charge in [0.1, 0.15) is 11.3 Å². The highest BCUT2D eigenvalue weighted by molar-refractivity contribution is 5.92. The Labute approximate surface area is 87.8 Å². The van der Waals surface area contributed by atoms with E-state index in [0.717, 1.165) is 30.6 Å². The molecule has 0 aliphatic carbocycles. The zero-order chi connectivity index (χ0) is 11.0. The molecular formula is C11H13NO3. The van der Waals surface area contributed by atoms with Crippen molar-refractivity contribution < 1.29 is 15.0 Å². The number of fused-ring (bicyclic) bond motifs is 1. The molecule has 4 heteroatoms. The molecule has 1 aliphatic rings. The van der Waals surface area contributed by atoms with Crippen molar-refractivity contribution in [1.82, 2.24) is 0 Å². The van der Waals surface area contributed by atoms with Crippen molar-refractivity contribution in [2.24, 2.45) is 0 Å². The molecule has 1 heterocycles. The van der Waals surface area contributed by atoms with E-state index in [1.54, 1.807) is 6.07 Å². The van der Waals surface area contributed by atoms with Crippen LogP contribution in [0.5, 0.6) is 5.75 Å². The molecule has 0 amide bonds. The van der Waals surface area contributed by atoms with Crippen LogP contribution in [0.25, 0.3) is 0 Å². The molecule has 1 aliphatic heterocycles. The predicted octanol–water partition coefficient (Wildman–Crippen LogP) is 1.47. The van der Waals surface area contributed by atoms with E-state index in [9.17, 15) is 9.90 Å². The number of hydrogen-bond donors (Lipinski definition) is 2. The zero-order valence-corrected chi connectivity index (χ0v) is 8.53. The first-order valence-electron chi connectivity index (χ1n) is 4.90. The second-order valence-corrected chi connectivity index (χ2v) is 3.79.